The summed E-state index contributed by atoms with van der Waals surface area (Å²) in [4.78, 5) is 89.6. The summed E-state index contributed by atoms with van der Waals surface area (Å²) in [7, 11) is -2.86. The first-order chi connectivity index (χ1) is 37.5. The van der Waals surface area contributed by atoms with Crippen LogP contribution in [0.2, 0.25) is 36.3 Å². The fourth-order valence-electron chi connectivity index (χ4n) is 12.6. The van der Waals surface area contributed by atoms with Crippen LogP contribution in [-0.4, -0.2) is 126 Å². The van der Waals surface area contributed by atoms with E-state index >= 15 is 14.4 Å². The molecule has 17 nitrogen and oxygen atoms in total. The highest BCUT2D eigenvalue weighted by molar-refractivity contribution is 6.74. The maximum atomic E-state index is 16.8. The van der Waals surface area contributed by atoms with Crippen LogP contribution in [0, 0.1) is 16.7 Å². The lowest BCUT2D eigenvalue weighted by Crippen LogP contribution is -2.82. The van der Waals surface area contributed by atoms with Crippen molar-refractivity contribution in [1.82, 2.24) is 5.32 Å². The van der Waals surface area contributed by atoms with E-state index in [4.69, 9.17) is 42.0 Å². The highest BCUT2D eigenvalue weighted by atomic mass is 28.4. The molecule has 4 aliphatic rings. The molecule has 3 fully saturated rings. The molecule has 3 aliphatic carbocycles. The Bertz CT molecular complexity index is 2840. The van der Waals surface area contributed by atoms with E-state index in [1.807, 2.05) is 60.7 Å². The number of amides is 1. The van der Waals surface area contributed by atoms with E-state index in [0.29, 0.717) is 29.3 Å². The number of carbonyl (C=O) groups is 6. The van der Waals surface area contributed by atoms with Crippen molar-refractivity contribution in [2.75, 3.05) is 20.8 Å². The lowest BCUT2D eigenvalue weighted by molar-refractivity contribution is -0.344. The van der Waals surface area contributed by atoms with Crippen LogP contribution >= 0.6 is 0 Å². The number of ether oxygens (including phenoxy) is 7. The number of carbonyl (C=O) groups excluding carboxylic acids is 6. The topological polar surface area (TPSA) is 218 Å². The number of methoxy groups -OCH3 is 2. The molecule has 11 atom stereocenters. The minimum atomic E-state index is -2.97. The lowest BCUT2D eigenvalue weighted by atomic mass is 9.44. The summed E-state index contributed by atoms with van der Waals surface area (Å²) in [6.45, 7) is 24.9. The van der Waals surface area contributed by atoms with Crippen molar-refractivity contribution in [3.05, 3.63) is 107 Å². The normalized spacial score (nSPS) is 28.0. The summed E-state index contributed by atoms with van der Waals surface area (Å²) in [6.07, 6.45) is -8.98. The first kappa shape index (κ1) is 61.9. The number of esters is 4. The number of benzene rings is 3. The lowest BCUT2D eigenvalue weighted by Gasteiger charge is -2.68. The molecule has 3 aromatic rings. The highest BCUT2D eigenvalue weighted by Crippen LogP contribution is 2.65. The molecule has 7 rings (SSSR count). The molecule has 1 aliphatic heterocycles. The predicted molar refractivity (Wildman–Crippen MR) is 303 cm³/mol. The second kappa shape index (κ2) is 23.3. The number of fused-ring (bicyclic) bond motifs is 5. The van der Waals surface area contributed by atoms with Gasteiger partial charge < -0.3 is 52.4 Å². The van der Waals surface area contributed by atoms with E-state index in [-0.39, 0.29) is 41.2 Å². The summed E-state index contributed by atoms with van der Waals surface area (Å²) in [6, 6.07) is 22.9. The highest BCUT2D eigenvalue weighted by Gasteiger charge is 2.79. The number of rotatable bonds is 19. The molecule has 0 unspecified atom stereocenters. The smallest absolute Gasteiger partial charge is 0.342 e. The van der Waals surface area contributed by atoms with Gasteiger partial charge in [0.2, 0.25) is 0 Å². The van der Waals surface area contributed by atoms with Crippen molar-refractivity contribution >= 4 is 52.2 Å². The molecule has 436 valence electrons. The van der Waals surface area contributed by atoms with Crippen LogP contribution in [-0.2, 0) is 51.7 Å². The van der Waals surface area contributed by atoms with Gasteiger partial charge in [0, 0.05) is 37.7 Å². The molecule has 0 radical (unpaired) electrons. The van der Waals surface area contributed by atoms with Crippen LogP contribution in [0.3, 0.4) is 0 Å². The molecular weight excluding hydrogens is 1060 g/mol. The average molecular weight is 1140 g/mol. The molecule has 0 aromatic heterocycles. The molecule has 1 amide bonds. The third-order valence-electron chi connectivity index (χ3n) is 18.6. The van der Waals surface area contributed by atoms with Crippen LogP contribution in [0.5, 0.6) is 11.5 Å². The molecule has 19 heteroatoms. The van der Waals surface area contributed by atoms with E-state index in [0.717, 1.165) is 0 Å². The quantitative estimate of drug-likeness (QED) is 0.0494. The third-order valence-corrected chi connectivity index (χ3v) is 27.7. The summed E-state index contributed by atoms with van der Waals surface area (Å²) in [5, 5.41) is 17.2. The number of hydrogen-bond donors (Lipinski definition) is 2. The zero-order valence-electron chi connectivity index (χ0n) is 49.4. The Balaban J connectivity index is 1.52. The fourth-order valence-corrected chi connectivity index (χ4v) is 16.8. The van der Waals surface area contributed by atoms with Crippen LogP contribution in [0.4, 0.5) is 0 Å². The van der Waals surface area contributed by atoms with Gasteiger partial charge in [-0.1, -0.05) is 104 Å². The Morgan fingerprint density at radius 1 is 0.838 bits per heavy atom. The molecule has 3 aromatic carbocycles. The average Bonchev–Trinajstić information content (AvgIpc) is 3.61. The Hall–Kier alpha value is -5.71. The first-order valence-corrected chi connectivity index (χ1v) is 33.3. The van der Waals surface area contributed by atoms with Crippen molar-refractivity contribution in [2.45, 2.75) is 186 Å². The van der Waals surface area contributed by atoms with Crippen molar-refractivity contribution in [3.63, 3.8) is 0 Å². The van der Waals surface area contributed by atoms with E-state index in [9.17, 15) is 19.5 Å². The summed E-state index contributed by atoms with van der Waals surface area (Å²) >= 11 is 0. The number of hydrogen-bond acceptors (Lipinski definition) is 16. The molecule has 0 spiro atoms. The summed E-state index contributed by atoms with van der Waals surface area (Å²) < 4.78 is 58.5. The van der Waals surface area contributed by atoms with Gasteiger partial charge in [-0.25, -0.2) is 9.59 Å². The second-order valence-corrected chi connectivity index (χ2v) is 33.7. The molecular formula is C61H83NO16Si2. The van der Waals surface area contributed by atoms with Gasteiger partial charge in [0.25, 0.3) is 5.91 Å². The number of Topliss-reactive ketones (excluding diaryl/α,β-unsaturated/α-hetero) is 1. The van der Waals surface area contributed by atoms with Crippen LogP contribution in [0.1, 0.15) is 128 Å². The Morgan fingerprint density at radius 3 is 1.98 bits per heavy atom. The Kier molecular flexibility index (Phi) is 18.0. The number of aliphatic hydroxyl groups is 1. The third kappa shape index (κ3) is 11.1. The van der Waals surface area contributed by atoms with Gasteiger partial charge in [-0.15, -0.1) is 0 Å². The van der Waals surface area contributed by atoms with Gasteiger partial charge >= 0.3 is 23.9 Å². The summed E-state index contributed by atoms with van der Waals surface area (Å²) in [5.41, 5.74) is -6.63. The van der Waals surface area contributed by atoms with E-state index in [2.05, 4.69) is 5.32 Å². The zero-order valence-corrected chi connectivity index (χ0v) is 51.4. The van der Waals surface area contributed by atoms with Gasteiger partial charge in [-0.3, -0.25) is 19.2 Å². The van der Waals surface area contributed by atoms with Crippen molar-refractivity contribution in [2.24, 2.45) is 16.7 Å². The number of ketones is 1. The van der Waals surface area contributed by atoms with Crippen molar-refractivity contribution < 1.29 is 75.9 Å². The van der Waals surface area contributed by atoms with Gasteiger partial charge in [-0.05, 0) is 97.2 Å². The SMILES string of the molecule is CC[Si](CC)(CC)O[C@H]1C[C@H]2OC[C@@]2(OC(C)=O)[C@H]2[C@H](OC(=O)c3cc(OC)ccc3OC)[C@]3(O)C[C@H](OC(=O)[C@H](O[Si](C)(C)C(C)(C)C)[C@@H](NC(=O)c4ccccc4)c4ccccc4)C(C)=C([C@@H](OC(C)=O)C(=O)[C@]12C)C3(C)C. The maximum Gasteiger partial charge on any atom is 0.342 e. The predicted octanol–water partition coefficient (Wildman–Crippen LogP) is 9.81. The molecule has 2 bridgehead atoms. The van der Waals surface area contributed by atoms with Crippen LogP contribution < -0.4 is 14.8 Å². The largest absolute Gasteiger partial charge is 0.497 e. The molecule has 1 saturated heterocycles. The Labute approximate surface area is 473 Å². The van der Waals surface area contributed by atoms with Gasteiger partial charge in [0.05, 0.1) is 44.3 Å². The Morgan fingerprint density at radius 2 is 1.45 bits per heavy atom. The van der Waals surface area contributed by atoms with Crippen LogP contribution in [0.15, 0.2) is 90.0 Å². The standard InChI is InChI=1S/C61H83NO16Si2/c1-17-80(18-2,19-3)77-45-33-46-60(35-72-46,76-38(6)64)51-53(75-55(67)42-32-41(70-13)30-31-43(42)71-14)61(69)34-44(36(4)47(58(61,10)11)49(73-37(5)63)52(65)59(45,51)12)74-56(68)50(78-79(15,16)57(7,8)9)48(39-26-22-20-23-27-39)62-54(66)40-28-24-21-25-29-40/h20-32,44-46,48-51,53,69H,17-19,33-35H2,1-16H3,(H,62,66)/t44-,45-,46+,48-,49+,50+,51-,53-,59+,60-,61+/m0/s1. The fraction of sp³-hybridized carbons (Fsp3) is 0.574. The molecule has 2 N–H and O–H groups in total. The van der Waals surface area contributed by atoms with Crippen LogP contribution in [0.25, 0.3) is 0 Å². The second-order valence-electron chi connectivity index (χ2n) is 24.2. The molecule has 80 heavy (non-hydrogen) atoms. The minimum Gasteiger partial charge on any atom is -0.497 e. The number of nitrogens with one attached hydrogen (secondary N) is 1. The first-order valence-electron chi connectivity index (χ1n) is 27.8. The minimum absolute atomic E-state index is 0.0526. The van der Waals surface area contributed by atoms with E-state index in [1.165, 1.54) is 40.2 Å². The van der Waals surface area contributed by atoms with Crippen molar-refractivity contribution in [3.8, 4) is 11.5 Å². The van der Waals surface area contributed by atoms with Gasteiger partial charge in [0.15, 0.2) is 40.2 Å². The molecule has 2 saturated carbocycles. The van der Waals surface area contributed by atoms with Gasteiger partial charge in [-0.2, -0.15) is 0 Å². The van der Waals surface area contributed by atoms with E-state index < -0.39 is 134 Å². The van der Waals surface area contributed by atoms with Gasteiger partial charge in [0.1, 0.15) is 41.0 Å². The zero-order chi connectivity index (χ0) is 59.1. The summed E-state index contributed by atoms with van der Waals surface area (Å²) in [5.74, 6) is -5.76. The van der Waals surface area contributed by atoms with Crippen molar-refractivity contribution in [1.29, 1.82) is 0 Å². The van der Waals surface area contributed by atoms with E-state index in [1.54, 1.807) is 88.4 Å². The monoisotopic (exact) mass is 1140 g/mol. The molecule has 1 heterocycles. The maximum absolute atomic E-state index is 16.8.